The fourth-order valence-corrected chi connectivity index (χ4v) is 3.22. The first kappa shape index (κ1) is 21.8. The molecular formula is C25H22O6. The molecule has 158 valence electrons. The Balaban J connectivity index is 2.15. The Morgan fingerprint density at radius 3 is 2.06 bits per heavy atom. The van der Waals surface area contributed by atoms with Gasteiger partial charge in [0.1, 0.15) is 11.5 Å². The van der Waals surface area contributed by atoms with Crippen molar-refractivity contribution in [1.82, 2.24) is 0 Å². The summed E-state index contributed by atoms with van der Waals surface area (Å²) >= 11 is 0. The summed E-state index contributed by atoms with van der Waals surface area (Å²) in [5.41, 5.74) is 1.30. The van der Waals surface area contributed by atoms with E-state index in [9.17, 15) is 19.5 Å². The van der Waals surface area contributed by atoms with E-state index >= 15 is 0 Å². The minimum atomic E-state index is -0.629. The summed E-state index contributed by atoms with van der Waals surface area (Å²) in [6, 6.07) is 15.5. The van der Waals surface area contributed by atoms with Gasteiger partial charge in [-0.1, -0.05) is 12.1 Å². The maximum Gasteiger partial charge on any atom is 0.338 e. The summed E-state index contributed by atoms with van der Waals surface area (Å²) in [5.74, 6) is -1.07. The van der Waals surface area contributed by atoms with Crippen molar-refractivity contribution >= 4 is 17.5 Å². The average molecular weight is 418 g/mol. The number of rotatable bonds is 7. The molecule has 0 aliphatic heterocycles. The molecule has 3 aromatic rings. The third kappa shape index (κ3) is 4.48. The minimum absolute atomic E-state index is 0.0732. The number of ketones is 2. The van der Waals surface area contributed by atoms with Crippen LogP contribution in [-0.2, 0) is 4.74 Å². The molecule has 6 nitrogen and oxygen atoms in total. The fraction of sp³-hybridized carbons (Fsp3) is 0.160. The molecule has 0 aliphatic carbocycles. The molecule has 0 heterocycles. The number of methoxy groups -OCH3 is 1. The maximum atomic E-state index is 13.2. The van der Waals surface area contributed by atoms with Gasteiger partial charge in [-0.2, -0.15) is 0 Å². The molecule has 0 bridgehead atoms. The Hall–Kier alpha value is -3.93. The summed E-state index contributed by atoms with van der Waals surface area (Å²) in [6.07, 6.45) is 0. The van der Waals surface area contributed by atoms with Crippen LogP contribution in [0.5, 0.6) is 11.5 Å². The number of esters is 1. The highest BCUT2D eigenvalue weighted by molar-refractivity contribution is 6.16. The quantitative estimate of drug-likeness (QED) is 0.453. The van der Waals surface area contributed by atoms with Crippen LogP contribution in [-0.4, -0.2) is 36.4 Å². The van der Waals surface area contributed by atoms with E-state index < -0.39 is 11.8 Å². The number of phenolic OH excluding ortho intramolecular Hbond substituents is 1. The number of para-hydroxylation sites is 1. The molecule has 31 heavy (non-hydrogen) atoms. The van der Waals surface area contributed by atoms with E-state index in [4.69, 9.17) is 9.47 Å². The molecule has 6 heteroatoms. The zero-order valence-electron chi connectivity index (χ0n) is 17.5. The number of carbonyl (C=O) groups excluding carboxylic acids is 3. The van der Waals surface area contributed by atoms with Crippen molar-refractivity contribution in [1.29, 1.82) is 0 Å². The van der Waals surface area contributed by atoms with Crippen LogP contribution in [0, 0.1) is 6.92 Å². The van der Waals surface area contributed by atoms with Crippen molar-refractivity contribution in [2.45, 2.75) is 13.8 Å². The molecule has 3 aromatic carbocycles. The Kier molecular flexibility index (Phi) is 6.50. The number of aromatic hydroxyl groups is 1. The van der Waals surface area contributed by atoms with Crippen LogP contribution in [0.2, 0.25) is 0 Å². The lowest BCUT2D eigenvalue weighted by atomic mass is 9.90. The highest BCUT2D eigenvalue weighted by atomic mass is 16.5. The molecule has 1 N–H and O–H groups in total. The second kappa shape index (κ2) is 9.26. The van der Waals surface area contributed by atoms with Gasteiger partial charge in [0.25, 0.3) is 0 Å². The normalized spacial score (nSPS) is 10.4. The Morgan fingerprint density at radius 2 is 1.45 bits per heavy atom. The summed E-state index contributed by atoms with van der Waals surface area (Å²) in [4.78, 5) is 38.8. The van der Waals surface area contributed by atoms with Crippen LogP contribution < -0.4 is 4.74 Å². The summed E-state index contributed by atoms with van der Waals surface area (Å²) in [7, 11) is 1.53. The van der Waals surface area contributed by atoms with Gasteiger partial charge in [0.2, 0.25) is 0 Å². The first-order chi connectivity index (χ1) is 14.9. The summed E-state index contributed by atoms with van der Waals surface area (Å²) < 4.78 is 10.2. The van der Waals surface area contributed by atoms with Crippen LogP contribution >= 0.6 is 0 Å². The predicted octanol–water partition coefficient (Wildman–Crippen LogP) is 4.35. The third-order valence-corrected chi connectivity index (χ3v) is 4.91. The topological polar surface area (TPSA) is 89.9 Å². The Morgan fingerprint density at radius 1 is 0.839 bits per heavy atom. The largest absolute Gasteiger partial charge is 0.507 e. The second-order valence-corrected chi connectivity index (χ2v) is 6.82. The molecule has 0 saturated heterocycles. The molecule has 0 atom stereocenters. The molecule has 3 rings (SSSR count). The van der Waals surface area contributed by atoms with Crippen molar-refractivity contribution in [2.75, 3.05) is 13.7 Å². The van der Waals surface area contributed by atoms with E-state index in [-0.39, 0.29) is 40.4 Å². The molecular weight excluding hydrogens is 396 g/mol. The van der Waals surface area contributed by atoms with Gasteiger partial charge in [0.05, 0.1) is 24.8 Å². The Bertz CT molecular complexity index is 1150. The molecule has 0 spiro atoms. The number of ether oxygens (including phenoxy) is 2. The van der Waals surface area contributed by atoms with E-state index in [1.807, 2.05) is 0 Å². The zero-order valence-corrected chi connectivity index (χ0v) is 17.5. The van der Waals surface area contributed by atoms with Crippen molar-refractivity contribution in [3.8, 4) is 11.5 Å². The number of benzene rings is 3. The van der Waals surface area contributed by atoms with Crippen LogP contribution in [0.25, 0.3) is 0 Å². The number of hydrogen-bond acceptors (Lipinski definition) is 6. The highest BCUT2D eigenvalue weighted by Crippen LogP contribution is 2.26. The van der Waals surface area contributed by atoms with Gasteiger partial charge in [-0.15, -0.1) is 0 Å². The van der Waals surface area contributed by atoms with Crippen LogP contribution in [0.4, 0.5) is 0 Å². The van der Waals surface area contributed by atoms with Crippen molar-refractivity contribution in [3.05, 3.63) is 94.0 Å². The first-order valence-electron chi connectivity index (χ1n) is 9.70. The minimum Gasteiger partial charge on any atom is -0.507 e. The molecule has 0 aliphatic rings. The monoisotopic (exact) mass is 418 g/mol. The lowest BCUT2D eigenvalue weighted by molar-refractivity contribution is 0.0525. The van der Waals surface area contributed by atoms with Crippen molar-refractivity contribution in [2.24, 2.45) is 0 Å². The van der Waals surface area contributed by atoms with Gasteiger partial charge in [-0.3, -0.25) is 9.59 Å². The van der Waals surface area contributed by atoms with Gasteiger partial charge in [-0.25, -0.2) is 4.79 Å². The highest BCUT2D eigenvalue weighted by Gasteiger charge is 2.23. The molecule has 0 fully saturated rings. The van der Waals surface area contributed by atoms with Gasteiger partial charge < -0.3 is 14.6 Å². The number of carbonyl (C=O) groups is 3. The van der Waals surface area contributed by atoms with Gasteiger partial charge in [-0.05, 0) is 67.9 Å². The third-order valence-electron chi connectivity index (χ3n) is 4.91. The van der Waals surface area contributed by atoms with Crippen LogP contribution in [0.1, 0.15) is 54.7 Å². The molecule has 0 amide bonds. The van der Waals surface area contributed by atoms with Crippen LogP contribution in [0.15, 0.2) is 60.7 Å². The maximum absolute atomic E-state index is 13.2. The van der Waals surface area contributed by atoms with E-state index in [0.717, 1.165) is 0 Å². The van der Waals surface area contributed by atoms with Crippen molar-refractivity contribution < 1.29 is 29.0 Å². The van der Waals surface area contributed by atoms with Crippen LogP contribution in [0.3, 0.4) is 0 Å². The first-order valence-corrected chi connectivity index (χ1v) is 9.70. The SMILES string of the molecule is CCOC(=O)c1cc(C(=O)c2ccccc2O)cc(C(=O)c2ccc(OC)cc2)c1C. The zero-order chi connectivity index (χ0) is 22.5. The Labute approximate surface area is 180 Å². The summed E-state index contributed by atoms with van der Waals surface area (Å²) in [5, 5.41) is 10.1. The lowest BCUT2D eigenvalue weighted by Gasteiger charge is -2.14. The smallest absolute Gasteiger partial charge is 0.338 e. The lowest BCUT2D eigenvalue weighted by Crippen LogP contribution is -2.14. The van der Waals surface area contributed by atoms with E-state index in [1.54, 1.807) is 50.2 Å². The molecule has 0 unspecified atom stereocenters. The van der Waals surface area contributed by atoms with Gasteiger partial charge >= 0.3 is 5.97 Å². The van der Waals surface area contributed by atoms with E-state index in [0.29, 0.717) is 16.9 Å². The fourth-order valence-electron chi connectivity index (χ4n) is 3.22. The standard InChI is InChI=1S/C25H22O6/c1-4-31-25(29)21-14-17(24(28)19-7-5-6-8-22(19)26)13-20(15(21)2)23(27)16-9-11-18(30-3)12-10-16/h5-14,26H,4H2,1-3H3. The van der Waals surface area contributed by atoms with E-state index in [2.05, 4.69) is 0 Å². The molecule has 0 aromatic heterocycles. The van der Waals surface area contributed by atoms with E-state index in [1.165, 1.54) is 31.4 Å². The second-order valence-electron chi connectivity index (χ2n) is 6.82. The summed E-state index contributed by atoms with van der Waals surface area (Å²) in [6.45, 7) is 3.46. The van der Waals surface area contributed by atoms with Gasteiger partial charge in [0, 0.05) is 16.7 Å². The number of phenols is 1. The van der Waals surface area contributed by atoms with Gasteiger partial charge in [0.15, 0.2) is 11.6 Å². The number of hydrogen-bond donors (Lipinski definition) is 1. The molecule has 0 saturated carbocycles. The predicted molar refractivity (Wildman–Crippen MR) is 115 cm³/mol. The molecule has 0 radical (unpaired) electrons. The van der Waals surface area contributed by atoms with Crippen molar-refractivity contribution in [3.63, 3.8) is 0 Å². The average Bonchev–Trinajstić information content (AvgIpc) is 2.79.